The molecule has 10 heteroatoms. The first-order valence-corrected chi connectivity index (χ1v) is 14.7. The van der Waals surface area contributed by atoms with Gasteiger partial charge in [0.1, 0.15) is 29.1 Å². The van der Waals surface area contributed by atoms with Crippen molar-refractivity contribution in [3.63, 3.8) is 0 Å². The van der Waals surface area contributed by atoms with Gasteiger partial charge in [-0.2, -0.15) is 0 Å². The van der Waals surface area contributed by atoms with Crippen LogP contribution in [0.4, 0.5) is 5.69 Å². The largest absolute Gasteiger partial charge is 0.488 e. The molecule has 0 amide bonds. The minimum absolute atomic E-state index is 0.0337. The van der Waals surface area contributed by atoms with Crippen molar-refractivity contribution in [2.45, 2.75) is 71.6 Å². The molecule has 226 valence electrons. The van der Waals surface area contributed by atoms with Crippen LogP contribution in [-0.4, -0.2) is 61.9 Å². The summed E-state index contributed by atoms with van der Waals surface area (Å²) < 4.78 is 8.81. The van der Waals surface area contributed by atoms with Gasteiger partial charge in [-0.05, 0) is 43.2 Å². The number of anilines is 1. The first-order valence-electron chi connectivity index (χ1n) is 14.7. The van der Waals surface area contributed by atoms with Gasteiger partial charge in [-0.3, -0.25) is 10.8 Å². The molecule has 1 aliphatic heterocycles. The Balaban J connectivity index is 1.61. The molecule has 0 radical (unpaired) electrons. The van der Waals surface area contributed by atoms with Crippen LogP contribution >= 0.6 is 0 Å². The van der Waals surface area contributed by atoms with Crippen LogP contribution in [0.5, 0.6) is 5.75 Å². The molecule has 1 aliphatic rings. The number of imidazole rings is 1. The Labute approximate surface area is 251 Å². The number of likely N-dealkylation sites (tertiary alicyclic amines) is 1. The predicted octanol–water partition coefficient (Wildman–Crippen LogP) is 5.76. The molecule has 1 fully saturated rings. The Morgan fingerprint density at radius 3 is 2.42 bits per heavy atom. The highest BCUT2D eigenvalue weighted by atomic mass is 16.5. The summed E-state index contributed by atoms with van der Waals surface area (Å²) in [7, 11) is 0. The fraction of sp³-hybridized carbons (Fsp3) is 0.394. The van der Waals surface area contributed by atoms with Gasteiger partial charge in [0.05, 0.1) is 22.6 Å². The fourth-order valence-electron chi connectivity index (χ4n) is 5.76. The number of hydrogen-bond acceptors (Lipinski definition) is 6. The number of carboxylic acids is 1. The van der Waals surface area contributed by atoms with Crippen molar-refractivity contribution >= 4 is 45.1 Å². The molecule has 1 saturated heterocycles. The average Bonchev–Trinajstić information content (AvgIpc) is 3.30. The average molecular weight is 584 g/mol. The third-order valence-electron chi connectivity index (χ3n) is 8.22. The molecule has 43 heavy (non-hydrogen) atoms. The van der Waals surface area contributed by atoms with E-state index in [4.69, 9.17) is 26.3 Å². The van der Waals surface area contributed by atoms with Crippen LogP contribution in [0, 0.1) is 10.8 Å². The van der Waals surface area contributed by atoms with E-state index in [-0.39, 0.29) is 17.9 Å². The Bertz CT molecular complexity index is 1710. The molecule has 0 aliphatic carbocycles. The molecule has 1 aromatic heterocycles. The van der Waals surface area contributed by atoms with E-state index in [0.29, 0.717) is 29.4 Å². The number of aliphatic carboxylic acids is 1. The van der Waals surface area contributed by atoms with Crippen LogP contribution in [0.1, 0.15) is 70.3 Å². The van der Waals surface area contributed by atoms with Gasteiger partial charge in [0.15, 0.2) is 0 Å². The van der Waals surface area contributed by atoms with Crippen molar-refractivity contribution in [2.24, 2.45) is 5.73 Å². The van der Waals surface area contributed by atoms with E-state index in [1.54, 1.807) is 20.8 Å². The van der Waals surface area contributed by atoms with E-state index < -0.39 is 11.5 Å². The molecule has 4 aromatic rings. The SMILES string of the molecule is CC(=N)N1CCC(Oc2cc3c(cc2NC(C)(C)C(=O)O)nc(C(C)C)n3Cc2ccc(C(=N)N)c3ccccc23)CC1. The van der Waals surface area contributed by atoms with E-state index in [1.807, 2.05) is 47.4 Å². The second kappa shape index (κ2) is 11.6. The molecule has 0 bridgehead atoms. The van der Waals surface area contributed by atoms with Crippen molar-refractivity contribution in [3.05, 3.63) is 65.5 Å². The zero-order valence-electron chi connectivity index (χ0n) is 25.5. The number of nitrogens with two attached hydrogens (primary N) is 1. The molecule has 2 heterocycles. The Kier molecular flexibility index (Phi) is 8.05. The first-order chi connectivity index (χ1) is 20.4. The van der Waals surface area contributed by atoms with Crippen LogP contribution in [-0.2, 0) is 11.3 Å². The number of rotatable bonds is 9. The molecule has 6 N–H and O–H groups in total. The third kappa shape index (κ3) is 6.00. The maximum Gasteiger partial charge on any atom is 0.328 e. The van der Waals surface area contributed by atoms with Crippen LogP contribution < -0.4 is 15.8 Å². The van der Waals surface area contributed by atoms with Crippen molar-refractivity contribution in [1.29, 1.82) is 10.8 Å². The van der Waals surface area contributed by atoms with Gasteiger partial charge >= 0.3 is 5.97 Å². The number of hydrogen-bond donors (Lipinski definition) is 5. The summed E-state index contributed by atoms with van der Waals surface area (Å²) in [6.45, 7) is 11.3. The molecule has 3 aromatic carbocycles. The van der Waals surface area contributed by atoms with Gasteiger partial charge in [0, 0.05) is 50.0 Å². The number of ether oxygens (including phenoxy) is 1. The predicted molar refractivity (Wildman–Crippen MR) is 172 cm³/mol. The topological polar surface area (TPSA) is 153 Å². The number of carboxylic acid groups (broad SMARTS) is 1. The first kappa shape index (κ1) is 29.9. The summed E-state index contributed by atoms with van der Waals surface area (Å²) >= 11 is 0. The number of nitrogens with one attached hydrogen (secondary N) is 3. The van der Waals surface area contributed by atoms with Gasteiger partial charge in [-0.25, -0.2) is 9.78 Å². The molecule has 0 spiro atoms. The van der Waals surface area contributed by atoms with E-state index in [9.17, 15) is 9.90 Å². The third-order valence-corrected chi connectivity index (χ3v) is 8.22. The normalized spacial score (nSPS) is 14.4. The molecule has 5 rings (SSSR count). The number of carbonyl (C=O) groups is 1. The van der Waals surface area contributed by atoms with E-state index in [0.717, 1.165) is 59.1 Å². The van der Waals surface area contributed by atoms with Crippen LogP contribution in [0.2, 0.25) is 0 Å². The smallest absolute Gasteiger partial charge is 0.328 e. The summed E-state index contributed by atoms with van der Waals surface area (Å²) in [4.78, 5) is 19.1. The van der Waals surface area contributed by atoms with E-state index in [2.05, 4.69) is 29.8 Å². The highest BCUT2D eigenvalue weighted by Crippen LogP contribution is 2.37. The summed E-state index contributed by atoms with van der Waals surface area (Å²) in [6, 6.07) is 15.8. The number of nitrogens with zero attached hydrogens (tertiary/aromatic N) is 3. The molecular formula is C33H41N7O3. The zero-order chi connectivity index (χ0) is 31.1. The summed E-state index contributed by atoms with van der Waals surface area (Å²) in [5, 5.41) is 31.0. The van der Waals surface area contributed by atoms with Gasteiger partial charge in [0.2, 0.25) is 0 Å². The molecule has 0 atom stereocenters. The number of aromatic nitrogens is 2. The number of benzene rings is 3. The standard InChI is InChI=1S/C33H41N7O3/c1-19(2)31-37-26-16-27(38-33(4,5)32(41)42)29(43-22-12-14-39(15-13-22)20(3)34)17-28(26)40(31)18-21-10-11-25(30(35)36)24-9-7-6-8-23(21)24/h6-11,16-17,19,22,34,38H,12-15,18H2,1-5H3,(H3,35,36)(H,41,42). The minimum Gasteiger partial charge on any atom is -0.488 e. The fourth-order valence-corrected chi connectivity index (χ4v) is 5.76. The Morgan fingerprint density at radius 2 is 1.81 bits per heavy atom. The maximum absolute atomic E-state index is 12.0. The lowest BCUT2D eigenvalue weighted by Crippen LogP contribution is -2.41. The number of fused-ring (bicyclic) bond motifs is 2. The van der Waals surface area contributed by atoms with Gasteiger partial charge in [-0.15, -0.1) is 0 Å². The van der Waals surface area contributed by atoms with E-state index in [1.165, 1.54) is 0 Å². The van der Waals surface area contributed by atoms with Crippen molar-refractivity contribution in [1.82, 2.24) is 14.5 Å². The summed E-state index contributed by atoms with van der Waals surface area (Å²) in [6.07, 6.45) is 1.47. The molecule has 10 nitrogen and oxygen atoms in total. The lowest BCUT2D eigenvalue weighted by Gasteiger charge is -2.33. The number of piperidine rings is 1. The van der Waals surface area contributed by atoms with E-state index >= 15 is 0 Å². The van der Waals surface area contributed by atoms with Crippen LogP contribution in [0.25, 0.3) is 21.8 Å². The zero-order valence-corrected chi connectivity index (χ0v) is 25.5. The van der Waals surface area contributed by atoms with Crippen molar-refractivity contribution < 1.29 is 14.6 Å². The number of amidine groups is 2. The lowest BCUT2D eigenvalue weighted by molar-refractivity contribution is -0.141. The lowest BCUT2D eigenvalue weighted by atomic mass is 9.98. The summed E-state index contributed by atoms with van der Waals surface area (Å²) in [5.41, 5.74) is 8.67. The Hall–Kier alpha value is -4.60. The van der Waals surface area contributed by atoms with Crippen molar-refractivity contribution in [2.75, 3.05) is 18.4 Å². The highest BCUT2D eigenvalue weighted by molar-refractivity contribution is 6.08. The quantitative estimate of drug-likeness (QED) is 0.124. The molecule has 0 saturated carbocycles. The molecular weight excluding hydrogens is 542 g/mol. The second-order valence-corrected chi connectivity index (χ2v) is 12.2. The summed E-state index contributed by atoms with van der Waals surface area (Å²) in [5.74, 6) is 1.23. The van der Waals surface area contributed by atoms with Crippen LogP contribution in [0.3, 0.4) is 0 Å². The minimum atomic E-state index is -1.23. The van der Waals surface area contributed by atoms with Crippen molar-refractivity contribution in [3.8, 4) is 5.75 Å². The maximum atomic E-state index is 12.0. The highest BCUT2D eigenvalue weighted by Gasteiger charge is 2.30. The van der Waals surface area contributed by atoms with Crippen LogP contribution in [0.15, 0.2) is 48.5 Å². The van der Waals surface area contributed by atoms with Gasteiger partial charge in [0.25, 0.3) is 0 Å². The number of nitrogen functional groups attached to an aromatic ring is 1. The molecule has 0 unspecified atom stereocenters. The Morgan fingerprint density at radius 1 is 1.14 bits per heavy atom. The van der Waals surface area contributed by atoms with Gasteiger partial charge in [-0.1, -0.05) is 50.2 Å². The monoisotopic (exact) mass is 583 g/mol. The second-order valence-electron chi connectivity index (χ2n) is 12.2. The van der Waals surface area contributed by atoms with Gasteiger partial charge < -0.3 is 30.4 Å².